The van der Waals surface area contributed by atoms with Crippen molar-refractivity contribution in [1.29, 1.82) is 0 Å². The van der Waals surface area contributed by atoms with Crippen LogP contribution in [0.15, 0.2) is 35.2 Å². The number of carbonyl (C=O) groups is 2. The fraction of sp³-hybridized carbons (Fsp3) is 0.368. The molecule has 0 saturated heterocycles. The summed E-state index contributed by atoms with van der Waals surface area (Å²) in [6.07, 6.45) is 2.54. The van der Waals surface area contributed by atoms with Gasteiger partial charge in [-0.05, 0) is 42.9 Å². The van der Waals surface area contributed by atoms with Crippen molar-refractivity contribution in [2.75, 3.05) is 18.2 Å². The SMILES string of the molecule is COC(=O)c1c(NC(=O)CS(=O)(=O)c2ccccc2)sc2c1CC[C@H](C)C2. The smallest absolute Gasteiger partial charge is 0.341 e. The average molecular weight is 408 g/mol. The van der Waals surface area contributed by atoms with Crippen molar-refractivity contribution in [3.63, 3.8) is 0 Å². The first-order chi connectivity index (χ1) is 12.8. The summed E-state index contributed by atoms with van der Waals surface area (Å²) in [4.78, 5) is 25.8. The van der Waals surface area contributed by atoms with E-state index in [1.165, 1.54) is 30.6 Å². The van der Waals surface area contributed by atoms with Crippen LogP contribution in [0.5, 0.6) is 0 Å². The molecule has 0 fully saturated rings. The second kappa shape index (κ2) is 7.82. The predicted molar refractivity (Wildman–Crippen MR) is 104 cm³/mol. The van der Waals surface area contributed by atoms with E-state index in [1.807, 2.05) is 0 Å². The Labute approximate surface area is 162 Å². The minimum absolute atomic E-state index is 0.0904. The highest BCUT2D eigenvalue weighted by molar-refractivity contribution is 7.92. The van der Waals surface area contributed by atoms with Gasteiger partial charge in [0.1, 0.15) is 10.8 Å². The van der Waals surface area contributed by atoms with Gasteiger partial charge in [0.05, 0.1) is 17.6 Å². The molecule has 1 heterocycles. The lowest BCUT2D eigenvalue weighted by atomic mass is 9.88. The molecule has 27 heavy (non-hydrogen) atoms. The van der Waals surface area contributed by atoms with Gasteiger partial charge in [-0.3, -0.25) is 4.79 Å². The van der Waals surface area contributed by atoms with Gasteiger partial charge in [0.25, 0.3) is 0 Å². The van der Waals surface area contributed by atoms with E-state index >= 15 is 0 Å². The van der Waals surface area contributed by atoms with Crippen molar-refractivity contribution in [2.45, 2.75) is 31.1 Å². The molecular formula is C19H21NO5S2. The topological polar surface area (TPSA) is 89.5 Å². The molecule has 3 rings (SSSR count). The van der Waals surface area contributed by atoms with E-state index in [2.05, 4.69) is 12.2 Å². The average Bonchev–Trinajstić information content (AvgIpc) is 2.97. The zero-order valence-corrected chi connectivity index (χ0v) is 16.8. The maximum absolute atomic E-state index is 12.4. The summed E-state index contributed by atoms with van der Waals surface area (Å²) in [6.45, 7) is 2.14. The van der Waals surface area contributed by atoms with E-state index in [9.17, 15) is 18.0 Å². The summed E-state index contributed by atoms with van der Waals surface area (Å²) in [5.41, 5.74) is 1.26. The number of hydrogen-bond donors (Lipinski definition) is 1. The Hall–Kier alpha value is -2.19. The monoisotopic (exact) mass is 407 g/mol. The lowest BCUT2D eigenvalue weighted by molar-refractivity contribution is -0.113. The number of methoxy groups -OCH3 is 1. The minimum Gasteiger partial charge on any atom is -0.465 e. The molecule has 1 aromatic heterocycles. The van der Waals surface area contributed by atoms with E-state index in [0.29, 0.717) is 16.5 Å². The third-order valence-electron chi connectivity index (χ3n) is 4.58. The number of sulfone groups is 1. The van der Waals surface area contributed by atoms with Gasteiger partial charge >= 0.3 is 5.97 Å². The Morgan fingerprint density at radius 2 is 1.96 bits per heavy atom. The highest BCUT2D eigenvalue weighted by Gasteiger charge is 2.29. The highest BCUT2D eigenvalue weighted by atomic mass is 32.2. The van der Waals surface area contributed by atoms with E-state index in [0.717, 1.165) is 29.7 Å². The van der Waals surface area contributed by atoms with E-state index in [4.69, 9.17) is 4.74 Å². The molecule has 0 unspecified atom stereocenters. The number of nitrogens with one attached hydrogen (secondary N) is 1. The van der Waals surface area contributed by atoms with Crippen LogP contribution in [0.4, 0.5) is 5.00 Å². The molecule has 0 radical (unpaired) electrons. The third-order valence-corrected chi connectivity index (χ3v) is 7.38. The summed E-state index contributed by atoms with van der Waals surface area (Å²) >= 11 is 1.33. The summed E-state index contributed by atoms with van der Waals surface area (Å²) in [7, 11) is -2.46. The molecule has 1 atom stereocenters. The number of carbonyl (C=O) groups excluding carboxylic acids is 2. The summed E-state index contributed by atoms with van der Waals surface area (Å²) < 4.78 is 29.7. The first kappa shape index (κ1) is 19.6. The molecule has 0 saturated carbocycles. The number of ether oxygens (including phenoxy) is 1. The number of rotatable bonds is 5. The zero-order valence-electron chi connectivity index (χ0n) is 15.2. The summed E-state index contributed by atoms with van der Waals surface area (Å²) in [5, 5.41) is 2.99. The van der Waals surface area contributed by atoms with Crippen LogP contribution in [0, 0.1) is 5.92 Å². The Kier molecular flexibility index (Phi) is 5.67. The van der Waals surface area contributed by atoms with Crippen LogP contribution < -0.4 is 5.32 Å². The van der Waals surface area contributed by atoms with Crippen molar-refractivity contribution in [3.8, 4) is 0 Å². The van der Waals surface area contributed by atoms with Gasteiger partial charge in [-0.2, -0.15) is 0 Å². The molecule has 0 spiro atoms. The van der Waals surface area contributed by atoms with E-state index in [1.54, 1.807) is 18.2 Å². The molecule has 144 valence electrons. The summed E-state index contributed by atoms with van der Waals surface area (Å²) in [6, 6.07) is 7.82. The van der Waals surface area contributed by atoms with Gasteiger partial charge in [0, 0.05) is 4.88 Å². The van der Waals surface area contributed by atoms with Crippen molar-refractivity contribution in [2.24, 2.45) is 5.92 Å². The van der Waals surface area contributed by atoms with Gasteiger partial charge < -0.3 is 10.1 Å². The van der Waals surface area contributed by atoms with Crippen molar-refractivity contribution in [3.05, 3.63) is 46.3 Å². The van der Waals surface area contributed by atoms with Crippen molar-refractivity contribution < 1.29 is 22.7 Å². The highest BCUT2D eigenvalue weighted by Crippen LogP contribution is 2.40. The predicted octanol–water partition coefficient (Wildman–Crippen LogP) is 3.07. The Morgan fingerprint density at radius 1 is 1.26 bits per heavy atom. The third kappa shape index (κ3) is 4.22. The summed E-state index contributed by atoms with van der Waals surface area (Å²) in [5.74, 6) is -1.36. The molecule has 1 amide bonds. The molecule has 1 aliphatic rings. The standard InChI is InChI=1S/C19H21NO5S2/c1-12-8-9-14-15(10-12)26-18(17(14)19(22)25-2)20-16(21)11-27(23,24)13-6-4-3-5-7-13/h3-7,12H,8-11H2,1-2H3,(H,20,21)/t12-/m0/s1. The normalized spacial score (nSPS) is 16.4. The fourth-order valence-electron chi connectivity index (χ4n) is 3.20. The van der Waals surface area contributed by atoms with Crippen molar-refractivity contribution >= 4 is 38.1 Å². The second-order valence-electron chi connectivity index (χ2n) is 6.67. The maximum atomic E-state index is 12.4. The van der Waals surface area contributed by atoms with E-state index < -0.39 is 27.5 Å². The van der Waals surface area contributed by atoms with Gasteiger partial charge in [0.2, 0.25) is 5.91 Å². The van der Waals surface area contributed by atoms with Crippen LogP contribution in [0.1, 0.15) is 34.1 Å². The van der Waals surface area contributed by atoms with Gasteiger partial charge in [0.15, 0.2) is 9.84 Å². The van der Waals surface area contributed by atoms with Gasteiger partial charge in [-0.15, -0.1) is 11.3 Å². The molecule has 1 N–H and O–H groups in total. The molecule has 1 aliphatic carbocycles. The molecule has 0 bridgehead atoms. The Bertz CT molecular complexity index is 963. The number of thiophene rings is 1. The fourth-order valence-corrected chi connectivity index (χ4v) is 5.77. The molecule has 6 nitrogen and oxygen atoms in total. The second-order valence-corrected chi connectivity index (χ2v) is 9.76. The van der Waals surface area contributed by atoms with Crippen molar-refractivity contribution in [1.82, 2.24) is 0 Å². The number of amides is 1. The van der Waals surface area contributed by atoms with Crippen LogP contribution >= 0.6 is 11.3 Å². The Balaban J connectivity index is 1.85. The lowest BCUT2D eigenvalue weighted by Crippen LogP contribution is -2.23. The number of hydrogen-bond acceptors (Lipinski definition) is 6. The molecule has 2 aromatic rings. The van der Waals surface area contributed by atoms with Crippen LogP contribution in [-0.2, 0) is 32.2 Å². The molecule has 8 heteroatoms. The molecule has 0 aliphatic heterocycles. The van der Waals surface area contributed by atoms with Crippen LogP contribution in [0.25, 0.3) is 0 Å². The largest absolute Gasteiger partial charge is 0.465 e. The van der Waals surface area contributed by atoms with Crippen LogP contribution in [0.2, 0.25) is 0 Å². The first-order valence-electron chi connectivity index (χ1n) is 8.62. The maximum Gasteiger partial charge on any atom is 0.341 e. The number of fused-ring (bicyclic) bond motifs is 1. The van der Waals surface area contributed by atoms with Gasteiger partial charge in [-0.1, -0.05) is 25.1 Å². The van der Waals surface area contributed by atoms with Gasteiger partial charge in [-0.25, -0.2) is 13.2 Å². The minimum atomic E-state index is -3.75. The van der Waals surface area contributed by atoms with Crippen LogP contribution in [0.3, 0.4) is 0 Å². The lowest BCUT2D eigenvalue weighted by Gasteiger charge is -2.18. The first-order valence-corrected chi connectivity index (χ1v) is 11.1. The number of benzene rings is 1. The zero-order chi connectivity index (χ0) is 19.6. The number of anilines is 1. The van der Waals surface area contributed by atoms with E-state index in [-0.39, 0.29) is 4.90 Å². The molecule has 1 aromatic carbocycles. The quantitative estimate of drug-likeness (QED) is 0.770. The molecular weight excluding hydrogens is 386 g/mol. The number of esters is 1. The van der Waals surface area contributed by atoms with Crippen LogP contribution in [-0.4, -0.2) is 33.2 Å². The Morgan fingerprint density at radius 3 is 2.63 bits per heavy atom.